The zero-order valence-corrected chi connectivity index (χ0v) is 6.04. The number of aromatic nitrogens is 3. The van der Waals surface area contributed by atoms with Crippen LogP contribution in [0.5, 0.6) is 0 Å². The molecule has 0 unspecified atom stereocenters. The van der Waals surface area contributed by atoms with Crippen LogP contribution in [-0.2, 0) is 0 Å². The first-order valence-electron chi connectivity index (χ1n) is 3.31. The highest BCUT2D eigenvalue weighted by atomic mass is 16.4. The van der Waals surface area contributed by atoms with Gasteiger partial charge in [0.1, 0.15) is 6.26 Å². The minimum Gasteiger partial charge on any atom is -0.416 e. The lowest BCUT2D eigenvalue weighted by atomic mass is 10.7. The van der Waals surface area contributed by atoms with Gasteiger partial charge in [0, 0.05) is 12.4 Å². The van der Waals surface area contributed by atoms with Crippen LogP contribution in [0.4, 0.5) is 0 Å². The molecule has 12 heavy (non-hydrogen) atoms. The molecule has 0 aliphatic heterocycles. The highest BCUT2D eigenvalue weighted by Gasteiger charge is 2.01. The monoisotopic (exact) mass is 163 g/mol. The average Bonchev–Trinajstić information content (AvgIpc) is 2.53. The van der Waals surface area contributed by atoms with Crippen molar-refractivity contribution in [3.63, 3.8) is 0 Å². The van der Waals surface area contributed by atoms with Crippen molar-refractivity contribution < 1.29 is 4.42 Å². The molecule has 2 aromatic heterocycles. The van der Waals surface area contributed by atoms with Gasteiger partial charge in [0.25, 0.3) is 0 Å². The smallest absolute Gasteiger partial charge is 0.416 e. The van der Waals surface area contributed by atoms with Crippen LogP contribution >= 0.6 is 0 Å². The highest BCUT2D eigenvalue weighted by Crippen LogP contribution is 1.93. The van der Waals surface area contributed by atoms with E-state index in [0.29, 0.717) is 5.95 Å². The van der Waals surface area contributed by atoms with Crippen molar-refractivity contribution in [2.24, 2.45) is 0 Å². The molecule has 60 valence electrons. The summed E-state index contributed by atoms with van der Waals surface area (Å²) in [6, 6.07) is 1.68. The Labute approximate surface area is 67.3 Å². The first-order valence-corrected chi connectivity index (χ1v) is 3.31. The van der Waals surface area contributed by atoms with Gasteiger partial charge in [-0.2, -0.15) is 0 Å². The van der Waals surface area contributed by atoms with E-state index in [1.165, 1.54) is 17.0 Å². The van der Waals surface area contributed by atoms with E-state index >= 15 is 0 Å². The van der Waals surface area contributed by atoms with Crippen molar-refractivity contribution in [1.29, 1.82) is 0 Å². The van der Waals surface area contributed by atoms with Gasteiger partial charge in [-0.3, -0.25) is 0 Å². The summed E-state index contributed by atoms with van der Waals surface area (Å²) in [6.07, 6.45) is 5.87. The third-order valence-electron chi connectivity index (χ3n) is 1.34. The maximum atomic E-state index is 10.9. The fourth-order valence-corrected chi connectivity index (χ4v) is 0.831. The van der Waals surface area contributed by atoms with Crippen LogP contribution < -0.4 is 5.76 Å². The molecule has 0 spiro atoms. The van der Waals surface area contributed by atoms with Gasteiger partial charge >= 0.3 is 5.76 Å². The highest BCUT2D eigenvalue weighted by molar-refractivity contribution is 5.07. The van der Waals surface area contributed by atoms with E-state index in [-0.39, 0.29) is 0 Å². The van der Waals surface area contributed by atoms with Gasteiger partial charge in [0.05, 0.1) is 6.20 Å². The van der Waals surface area contributed by atoms with Gasteiger partial charge in [-0.25, -0.2) is 19.3 Å². The molecule has 5 heteroatoms. The summed E-state index contributed by atoms with van der Waals surface area (Å²) in [5.41, 5.74) is 0. The normalized spacial score (nSPS) is 10.0. The topological polar surface area (TPSA) is 60.9 Å². The van der Waals surface area contributed by atoms with E-state index in [4.69, 9.17) is 0 Å². The van der Waals surface area contributed by atoms with E-state index in [0.717, 1.165) is 0 Å². The molecule has 0 saturated heterocycles. The van der Waals surface area contributed by atoms with E-state index in [2.05, 4.69) is 14.4 Å². The molecule has 0 N–H and O–H groups in total. The third kappa shape index (κ3) is 1.01. The summed E-state index contributed by atoms with van der Waals surface area (Å²) < 4.78 is 5.77. The molecule has 2 aromatic rings. The van der Waals surface area contributed by atoms with Crippen molar-refractivity contribution in [3.05, 3.63) is 41.5 Å². The van der Waals surface area contributed by atoms with E-state index < -0.39 is 5.76 Å². The van der Waals surface area contributed by atoms with Crippen molar-refractivity contribution in [1.82, 2.24) is 14.5 Å². The van der Waals surface area contributed by atoms with Gasteiger partial charge in [-0.15, -0.1) is 0 Å². The number of hydrogen-bond acceptors (Lipinski definition) is 4. The van der Waals surface area contributed by atoms with Crippen molar-refractivity contribution in [2.75, 3.05) is 0 Å². The summed E-state index contributed by atoms with van der Waals surface area (Å²) in [5.74, 6) is -0.169. The largest absolute Gasteiger partial charge is 0.425 e. The van der Waals surface area contributed by atoms with Crippen molar-refractivity contribution >= 4 is 0 Å². The minimum absolute atomic E-state index is 0.316. The second-order valence-corrected chi connectivity index (χ2v) is 2.09. The van der Waals surface area contributed by atoms with Crippen LogP contribution in [0.1, 0.15) is 0 Å². The number of nitrogens with zero attached hydrogens (tertiary/aromatic N) is 3. The second-order valence-electron chi connectivity index (χ2n) is 2.09. The fourth-order valence-electron chi connectivity index (χ4n) is 0.831. The van der Waals surface area contributed by atoms with Gasteiger partial charge in [0.15, 0.2) is 0 Å². The maximum Gasteiger partial charge on any atom is 0.425 e. The van der Waals surface area contributed by atoms with Gasteiger partial charge < -0.3 is 4.42 Å². The summed E-state index contributed by atoms with van der Waals surface area (Å²) >= 11 is 0. The predicted molar refractivity (Wildman–Crippen MR) is 39.9 cm³/mol. The Bertz CT molecular complexity index is 417. The third-order valence-corrected chi connectivity index (χ3v) is 1.34. The quantitative estimate of drug-likeness (QED) is 0.603. The molecule has 0 aliphatic rings. The zero-order chi connectivity index (χ0) is 8.39. The van der Waals surface area contributed by atoms with Gasteiger partial charge in [-0.05, 0) is 6.07 Å². The Morgan fingerprint density at radius 1 is 1.33 bits per heavy atom. The molecule has 0 aliphatic carbocycles. The Kier molecular flexibility index (Phi) is 1.48. The number of hydrogen-bond donors (Lipinski definition) is 0. The molecule has 5 nitrogen and oxygen atoms in total. The molecular weight excluding hydrogens is 158 g/mol. The minimum atomic E-state index is -0.485. The molecule has 0 radical (unpaired) electrons. The Hall–Kier alpha value is -1.91. The molecule has 0 saturated carbocycles. The zero-order valence-electron chi connectivity index (χ0n) is 6.04. The fraction of sp³-hybridized carbons (Fsp3) is 0. The molecule has 2 rings (SSSR count). The van der Waals surface area contributed by atoms with Crippen LogP contribution in [-0.4, -0.2) is 14.5 Å². The predicted octanol–water partition coefficient (Wildman–Crippen LogP) is 0.220. The molecular formula is C7H5N3O2. The maximum absolute atomic E-state index is 10.9. The average molecular weight is 163 g/mol. The SMILES string of the molecule is O=c1occn1-c1ncccn1. The summed E-state index contributed by atoms with van der Waals surface area (Å²) in [4.78, 5) is 18.7. The van der Waals surface area contributed by atoms with Crippen LogP contribution in [0, 0.1) is 0 Å². The van der Waals surface area contributed by atoms with Crippen molar-refractivity contribution in [3.8, 4) is 5.95 Å². The van der Waals surface area contributed by atoms with Crippen LogP contribution in [0.15, 0.2) is 40.1 Å². The van der Waals surface area contributed by atoms with Crippen LogP contribution in [0.2, 0.25) is 0 Å². The first-order chi connectivity index (χ1) is 5.88. The molecule has 0 aromatic carbocycles. The van der Waals surface area contributed by atoms with Crippen LogP contribution in [0.3, 0.4) is 0 Å². The molecule has 0 amide bonds. The molecule has 0 fully saturated rings. The lowest BCUT2D eigenvalue weighted by Gasteiger charge is -1.93. The van der Waals surface area contributed by atoms with Crippen molar-refractivity contribution in [2.45, 2.75) is 0 Å². The van der Waals surface area contributed by atoms with Crippen LogP contribution in [0.25, 0.3) is 5.95 Å². The number of oxazole rings is 1. The van der Waals surface area contributed by atoms with Gasteiger partial charge in [0.2, 0.25) is 5.95 Å². The Morgan fingerprint density at radius 3 is 2.67 bits per heavy atom. The summed E-state index contributed by atoms with van der Waals surface area (Å²) in [6.45, 7) is 0. The molecule has 2 heterocycles. The lowest BCUT2D eigenvalue weighted by Crippen LogP contribution is -2.13. The second kappa shape index (κ2) is 2.61. The Balaban J connectivity index is 2.59. The van der Waals surface area contributed by atoms with Gasteiger partial charge in [-0.1, -0.05) is 0 Å². The summed E-state index contributed by atoms with van der Waals surface area (Å²) in [7, 11) is 0. The first kappa shape index (κ1) is 6.78. The van der Waals surface area contributed by atoms with E-state index in [1.54, 1.807) is 18.5 Å². The standard InChI is InChI=1S/C7H5N3O2/c11-7-10(4-5-12-7)6-8-2-1-3-9-6/h1-5H. The number of rotatable bonds is 1. The molecule has 0 bridgehead atoms. The lowest BCUT2D eigenvalue weighted by molar-refractivity contribution is 0.501. The van der Waals surface area contributed by atoms with E-state index in [1.807, 2.05) is 0 Å². The molecule has 0 atom stereocenters. The van der Waals surface area contributed by atoms with E-state index in [9.17, 15) is 4.79 Å². The Morgan fingerprint density at radius 2 is 2.08 bits per heavy atom. The summed E-state index contributed by atoms with van der Waals surface area (Å²) in [5, 5.41) is 0.